The van der Waals surface area contributed by atoms with E-state index in [1.54, 1.807) is 7.11 Å². The molecule has 1 saturated carbocycles. The number of nitrogens with zero attached hydrogens (tertiary/aromatic N) is 1. The molecule has 0 bridgehead atoms. The van der Waals surface area contributed by atoms with Crippen LogP contribution < -0.4 is 11.3 Å². The average Bonchev–Trinajstić information content (AvgIpc) is 3.11. The lowest BCUT2D eigenvalue weighted by atomic mass is 10.1. The molecule has 16 heavy (non-hydrogen) atoms. The molecule has 0 aromatic heterocycles. The van der Waals surface area contributed by atoms with Crippen molar-refractivity contribution < 1.29 is 9.53 Å². The number of hydrogen-bond acceptors (Lipinski definition) is 4. The number of methoxy groups -OCH3 is 1. The summed E-state index contributed by atoms with van der Waals surface area (Å²) in [5.41, 5.74) is 2.16. The number of ether oxygens (including phenoxy) is 1. The average molecular weight is 229 g/mol. The van der Waals surface area contributed by atoms with Crippen LogP contribution in [0.1, 0.15) is 26.2 Å². The molecule has 0 saturated heterocycles. The zero-order chi connectivity index (χ0) is 12.0. The molecule has 1 atom stereocenters. The zero-order valence-electron chi connectivity index (χ0n) is 10.2. The molecule has 1 aliphatic carbocycles. The molecule has 1 amide bonds. The second kappa shape index (κ2) is 6.83. The SMILES string of the molecule is COCCN(CCC(=O)NN)C(C)C1CC1. The maximum absolute atomic E-state index is 11.1. The molecule has 0 heterocycles. The number of hydrazine groups is 1. The molecule has 0 radical (unpaired) electrons. The lowest BCUT2D eigenvalue weighted by Crippen LogP contribution is -2.40. The van der Waals surface area contributed by atoms with Crippen LogP contribution in [0.15, 0.2) is 0 Å². The lowest BCUT2D eigenvalue weighted by molar-refractivity contribution is -0.121. The molecule has 0 aliphatic heterocycles. The van der Waals surface area contributed by atoms with Crippen LogP contribution in [0, 0.1) is 5.92 Å². The lowest BCUT2D eigenvalue weighted by Gasteiger charge is -2.28. The van der Waals surface area contributed by atoms with Crippen LogP contribution in [0.25, 0.3) is 0 Å². The van der Waals surface area contributed by atoms with Crippen LogP contribution in [-0.4, -0.2) is 43.7 Å². The van der Waals surface area contributed by atoms with Crippen molar-refractivity contribution in [2.45, 2.75) is 32.2 Å². The standard InChI is InChI=1S/C11H23N3O2/c1-9(10-3-4-10)14(7-8-16-2)6-5-11(15)13-12/h9-10H,3-8,12H2,1-2H3,(H,13,15). The first-order chi connectivity index (χ1) is 7.69. The van der Waals surface area contributed by atoms with E-state index in [1.807, 2.05) is 0 Å². The smallest absolute Gasteiger partial charge is 0.235 e. The van der Waals surface area contributed by atoms with Gasteiger partial charge in [0, 0.05) is 32.7 Å². The molecular formula is C11H23N3O2. The Morgan fingerprint density at radius 3 is 2.75 bits per heavy atom. The summed E-state index contributed by atoms with van der Waals surface area (Å²) in [7, 11) is 1.70. The number of carbonyl (C=O) groups excluding carboxylic acids is 1. The van der Waals surface area contributed by atoms with Crippen molar-refractivity contribution in [3.05, 3.63) is 0 Å². The summed E-state index contributed by atoms with van der Waals surface area (Å²) in [6, 6.07) is 0.542. The van der Waals surface area contributed by atoms with E-state index in [9.17, 15) is 4.79 Å². The van der Waals surface area contributed by atoms with Gasteiger partial charge in [0.2, 0.25) is 5.91 Å². The molecule has 5 nitrogen and oxygen atoms in total. The third kappa shape index (κ3) is 4.47. The Bertz CT molecular complexity index is 219. The van der Waals surface area contributed by atoms with Gasteiger partial charge in [0.15, 0.2) is 0 Å². The van der Waals surface area contributed by atoms with E-state index in [-0.39, 0.29) is 5.91 Å². The zero-order valence-corrected chi connectivity index (χ0v) is 10.2. The summed E-state index contributed by atoms with van der Waals surface area (Å²) in [5, 5.41) is 0. The summed E-state index contributed by atoms with van der Waals surface area (Å²) in [5.74, 6) is 5.76. The van der Waals surface area contributed by atoms with Crippen LogP contribution >= 0.6 is 0 Å². The van der Waals surface area contributed by atoms with Gasteiger partial charge in [-0.15, -0.1) is 0 Å². The van der Waals surface area contributed by atoms with Crippen LogP contribution in [0.2, 0.25) is 0 Å². The predicted octanol–water partition coefficient (Wildman–Crippen LogP) is 0.113. The van der Waals surface area contributed by atoms with E-state index in [0.717, 1.165) is 19.0 Å². The number of rotatable bonds is 8. The number of nitrogens with one attached hydrogen (secondary N) is 1. The normalized spacial score (nSPS) is 17.5. The van der Waals surface area contributed by atoms with Gasteiger partial charge in [-0.3, -0.25) is 15.1 Å². The van der Waals surface area contributed by atoms with Gasteiger partial charge in [0.25, 0.3) is 0 Å². The van der Waals surface area contributed by atoms with Crippen molar-refractivity contribution in [1.82, 2.24) is 10.3 Å². The quantitative estimate of drug-likeness (QED) is 0.352. The van der Waals surface area contributed by atoms with Gasteiger partial charge in [0.1, 0.15) is 0 Å². The van der Waals surface area contributed by atoms with Crippen molar-refractivity contribution in [2.24, 2.45) is 11.8 Å². The van der Waals surface area contributed by atoms with E-state index in [1.165, 1.54) is 12.8 Å². The van der Waals surface area contributed by atoms with Crippen LogP contribution in [0.4, 0.5) is 0 Å². The third-order valence-electron chi connectivity index (χ3n) is 3.25. The molecule has 0 aromatic rings. The largest absolute Gasteiger partial charge is 0.383 e. The Hall–Kier alpha value is -0.650. The highest BCUT2D eigenvalue weighted by molar-refractivity contribution is 5.75. The molecule has 1 unspecified atom stereocenters. The van der Waals surface area contributed by atoms with E-state index in [0.29, 0.717) is 19.1 Å². The highest BCUT2D eigenvalue weighted by Gasteiger charge is 2.31. The summed E-state index contributed by atoms with van der Waals surface area (Å²) in [6.07, 6.45) is 3.08. The van der Waals surface area contributed by atoms with Gasteiger partial charge < -0.3 is 4.74 Å². The monoisotopic (exact) mass is 229 g/mol. The molecular weight excluding hydrogens is 206 g/mol. The summed E-state index contributed by atoms with van der Waals surface area (Å²) in [6.45, 7) is 4.57. The Labute approximate surface area is 97.3 Å². The summed E-state index contributed by atoms with van der Waals surface area (Å²) >= 11 is 0. The first kappa shape index (κ1) is 13.4. The molecule has 1 fully saturated rings. The van der Waals surface area contributed by atoms with E-state index in [4.69, 9.17) is 10.6 Å². The Morgan fingerprint density at radius 1 is 1.56 bits per heavy atom. The Balaban J connectivity index is 2.33. The maximum atomic E-state index is 11.1. The Morgan fingerprint density at radius 2 is 2.25 bits per heavy atom. The molecule has 0 aromatic carbocycles. The van der Waals surface area contributed by atoms with Crippen molar-refractivity contribution in [3.63, 3.8) is 0 Å². The minimum Gasteiger partial charge on any atom is -0.383 e. The van der Waals surface area contributed by atoms with Crippen molar-refractivity contribution in [3.8, 4) is 0 Å². The minimum atomic E-state index is -0.106. The summed E-state index contributed by atoms with van der Waals surface area (Å²) in [4.78, 5) is 13.4. The number of nitrogens with two attached hydrogens (primary N) is 1. The first-order valence-corrected chi connectivity index (χ1v) is 5.91. The molecule has 0 spiro atoms. The van der Waals surface area contributed by atoms with Crippen LogP contribution in [0.3, 0.4) is 0 Å². The van der Waals surface area contributed by atoms with Crippen molar-refractivity contribution >= 4 is 5.91 Å². The van der Waals surface area contributed by atoms with Gasteiger partial charge in [-0.1, -0.05) is 0 Å². The molecule has 3 N–H and O–H groups in total. The second-order valence-electron chi connectivity index (χ2n) is 4.42. The van der Waals surface area contributed by atoms with Crippen LogP contribution in [-0.2, 0) is 9.53 Å². The summed E-state index contributed by atoms with van der Waals surface area (Å²) < 4.78 is 5.09. The van der Waals surface area contributed by atoms with Gasteiger partial charge in [-0.2, -0.15) is 0 Å². The fourth-order valence-electron chi connectivity index (χ4n) is 1.92. The molecule has 1 rings (SSSR count). The van der Waals surface area contributed by atoms with Crippen molar-refractivity contribution in [2.75, 3.05) is 26.8 Å². The predicted molar refractivity (Wildman–Crippen MR) is 62.6 cm³/mol. The topological polar surface area (TPSA) is 67.6 Å². The van der Waals surface area contributed by atoms with Gasteiger partial charge in [0.05, 0.1) is 6.61 Å². The fraction of sp³-hybridized carbons (Fsp3) is 0.909. The molecule has 94 valence electrons. The van der Waals surface area contributed by atoms with E-state index in [2.05, 4.69) is 17.2 Å². The maximum Gasteiger partial charge on any atom is 0.235 e. The highest BCUT2D eigenvalue weighted by Crippen LogP contribution is 2.35. The second-order valence-corrected chi connectivity index (χ2v) is 4.42. The minimum absolute atomic E-state index is 0.106. The van der Waals surface area contributed by atoms with Crippen LogP contribution in [0.5, 0.6) is 0 Å². The first-order valence-electron chi connectivity index (χ1n) is 5.91. The van der Waals surface area contributed by atoms with Gasteiger partial charge >= 0.3 is 0 Å². The van der Waals surface area contributed by atoms with Gasteiger partial charge in [-0.05, 0) is 25.7 Å². The molecule has 1 aliphatic rings. The van der Waals surface area contributed by atoms with E-state index < -0.39 is 0 Å². The van der Waals surface area contributed by atoms with Gasteiger partial charge in [-0.25, -0.2) is 5.84 Å². The Kier molecular flexibility index (Phi) is 5.73. The van der Waals surface area contributed by atoms with E-state index >= 15 is 0 Å². The van der Waals surface area contributed by atoms with Crippen molar-refractivity contribution in [1.29, 1.82) is 0 Å². The fourth-order valence-corrected chi connectivity index (χ4v) is 1.92. The highest BCUT2D eigenvalue weighted by atomic mass is 16.5. The molecule has 5 heteroatoms. The number of carbonyl (C=O) groups is 1. The third-order valence-corrected chi connectivity index (χ3v) is 3.25. The number of amides is 1. The number of hydrogen-bond donors (Lipinski definition) is 2.